The number of carbonyl (C=O) groups excluding carboxylic acids is 1. The standard InChI is InChI=1S/C15H21ClN2O3/c1-20-13-9-14(21-2)12(8-11(13)16)18-15(19)6-5-10-4-3-7-17-10/h8-10,17H,3-7H2,1-2H3,(H,18,19). The molecule has 5 nitrogen and oxygen atoms in total. The molecule has 1 aromatic carbocycles. The van der Waals surface area contributed by atoms with Crippen molar-refractivity contribution in [3.8, 4) is 11.5 Å². The molecule has 1 aliphatic heterocycles. The van der Waals surface area contributed by atoms with Crippen LogP contribution >= 0.6 is 11.6 Å². The Balaban J connectivity index is 1.97. The molecule has 0 bridgehead atoms. The average Bonchev–Trinajstić information content (AvgIpc) is 2.99. The lowest BCUT2D eigenvalue weighted by molar-refractivity contribution is -0.116. The van der Waals surface area contributed by atoms with Gasteiger partial charge < -0.3 is 20.1 Å². The van der Waals surface area contributed by atoms with Gasteiger partial charge in [0.15, 0.2) is 0 Å². The molecule has 0 aliphatic carbocycles. The van der Waals surface area contributed by atoms with Crippen molar-refractivity contribution in [2.24, 2.45) is 0 Å². The lowest BCUT2D eigenvalue weighted by Crippen LogP contribution is -2.23. The van der Waals surface area contributed by atoms with Crippen LogP contribution in [0.15, 0.2) is 12.1 Å². The van der Waals surface area contributed by atoms with E-state index in [1.807, 2.05) is 0 Å². The number of hydrogen-bond donors (Lipinski definition) is 2. The summed E-state index contributed by atoms with van der Waals surface area (Å²) in [6.45, 7) is 1.05. The van der Waals surface area contributed by atoms with Crippen molar-refractivity contribution in [3.05, 3.63) is 17.2 Å². The minimum atomic E-state index is -0.0387. The van der Waals surface area contributed by atoms with E-state index < -0.39 is 0 Å². The van der Waals surface area contributed by atoms with Gasteiger partial charge in [-0.05, 0) is 31.9 Å². The molecule has 0 spiro atoms. The van der Waals surface area contributed by atoms with E-state index in [-0.39, 0.29) is 5.91 Å². The number of hydrogen-bond acceptors (Lipinski definition) is 4. The number of methoxy groups -OCH3 is 2. The van der Waals surface area contributed by atoms with Crippen LogP contribution in [0.4, 0.5) is 5.69 Å². The molecule has 0 aromatic heterocycles. The Morgan fingerprint density at radius 2 is 2.14 bits per heavy atom. The quantitative estimate of drug-likeness (QED) is 0.848. The van der Waals surface area contributed by atoms with Gasteiger partial charge in [0.2, 0.25) is 5.91 Å². The van der Waals surface area contributed by atoms with Gasteiger partial charge in [-0.2, -0.15) is 0 Å². The van der Waals surface area contributed by atoms with Gasteiger partial charge in [0.05, 0.1) is 24.9 Å². The second-order valence-corrected chi connectivity index (χ2v) is 5.47. The van der Waals surface area contributed by atoms with E-state index >= 15 is 0 Å². The summed E-state index contributed by atoms with van der Waals surface area (Å²) < 4.78 is 10.4. The minimum absolute atomic E-state index is 0.0387. The molecule has 1 aromatic rings. The van der Waals surface area contributed by atoms with Gasteiger partial charge in [0, 0.05) is 18.5 Å². The van der Waals surface area contributed by atoms with Crippen LogP contribution in [0, 0.1) is 0 Å². The van der Waals surface area contributed by atoms with Gasteiger partial charge in [-0.25, -0.2) is 0 Å². The van der Waals surface area contributed by atoms with Crippen molar-refractivity contribution >= 4 is 23.2 Å². The second kappa shape index (κ2) is 7.52. The van der Waals surface area contributed by atoms with Crippen LogP contribution in [-0.4, -0.2) is 32.7 Å². The highest BCUT2D eigenvalue weighted by atomic mass is 35.5. The van der Waals surface area contributed by atoms with Crippen molar-refractivity contribution in [3.63, 3.8) is 0 Å². The molecular weight excluding hydrogens is 292 g/mol. The fourth-order valence-corrected chi connectivity index (χ4v) is 2.72. The third-order valence-corrected chi connectivity index (χ3v) is 3.93. The molecule has 1 fully saturated rings. The van der Waals surface area contributed by atoms with E-state index in [0.717, 1.165) is 19.4 Å². The summed E-state index contributed by atoms with van der Waals surface area (Å²) in [6.07, 6.45) is 3.65. The molecule has 1 amide bonds. The predicted octanol–water partition coefficient (Wildman–Crippen LogP) is 2.83. The molecule has 2 rings (SSSR count). The number of ether oxygens (including phenoxy) is 2. The highest BCUT2D eigenvalue weighted by Gasteiger charge is 2.17. The molecule has 21 heavy (non-hydrogen) atoms. The smallest absolute Gasteiger partial charge is 0.224 e. The lowest BCUT2D eigenvalue weighted by Gasteiger charge is -2.14. The van der Waals surface area contributed by atoms with Crippen molar-refractivity contribution in [1.29, 1.82) is 0 Å². The fraction of sp³-hybridized carbons (Fsp3) is 0.533. The van der Waals surface area contributed by atoms with Gasteiger partial charge in [-0.15, -0.1) is 0 Å². The van der Waals surface area contributed by atoms with E-state index in [1.54, 1.807) is 19.2 Å². The van der Waals surface area contributed by atoms with Crippen LogP contribution in [0.5, 0.6) is 11.5 Å². The number of benzene rings is 1. The van der Waals surface area contributed by atoms with Crippen LogP contribution in [-0.2, 0) is 4.79 Å². The molecular formula is C15H21ClN2O3. The molecule has 0 saturated carbocycles. The Morgan fingerprint density at radius 1 is 1.38 bits per heavy atom. The molecule has 1 saturated heterocycles. The monoisotopic (exact) mass is 312 g/mol. The number of carbonyl (C=O) groups is 1. The zero-order valence-electron chi connectivity index (χ0n) is 12.4. The maximum Gasteiger partial charge on any atom is 0.224 e. The van der Waals surface area contributed by atoms with Crippen LogP contribution in [0.25, 0.3) is 0 Å². The highest BCUT2D eigenvalue weighted by molar-refractivity contribution is 6.32. The SMILES string of the molecule is COc1cc(OC)c(NC(=O)CCC2CCCN2)cc1Cl. The molecule has 1 aliphatic rings. The van der Waals surface area contributed by atoms with Gasteiger partial charge in [-0.3, -0.25) is 4.79 Å². The van der Waals surface area contributed by atoms with Gasteiger partial charge in [0.1, 0.15) is 11.5 Å². The third-order valence-electron chi connectivity index (χ3n) is 3.63. The van der Waals surface area contributed by atoms with E-state index in [2.05, 4.69) is 10.6 Å². The average molecular weight is 313 g/mol. The van der Waals surface area contributed by atoms with E-state index in [9.17, 15) is 4.79 Å². The molecule has 1 heterocycles. The summed E-state index contributed by atoms with van der Waals surface area (Å²) in [5.74, 6) is 1.01. The van der Waals surface area contributed by atoms with E-state index in [4.69, 9.17) is 21.1 Å². The maximum atomic E-state index is 12.0. The van der Waals surface area contributed by atoms with E-state index in [1.165, 1.54) is 13.5 Å². The summed E-state index contributed by atoms with van der Waals surface area (Å²) in [4.78, 5) is 12.0. The van der Waals surface area contributed by atoms with Gasteiger partial charge >= 0.3 is 0 Å². The number of anilines is 1. The Kier molecular flexibility index (Phi) is 5.70. The molecule has 1 unspecified atom stereocenters. The van der Waals surface area contributed by atoms with Crippen LogP contribution in [0.3, 0.4) is 0 Å². The molecule has 6 heteroatoms. The minimum Gasteiger partial charge on any atom is -0.495 e. The molecule has 1 atom stereocenters. The summed E-state index contributed by atoms with van der Waals surface area (Å²) in [5, 5.41) is 6.66. The van der Waals surface area contributed by atoms with Crippen molar-refractivity contribution in [1.82, 2.24) is 5.32 Å². The van der Waals surface area contributed by atoms with Crippen LogP contribution < -0.4 is 20.1 Å². The molecule has 2 N–H and O–H groups in total. The third kappa shape index (κ3) is 4.25. The predicted molar refractivity (Wildman–Crippen MR) is 83.4 cm³/mol. The maximum absolute atomic E-state index is 12.0. The fourth-order valence-electron chi connectivity index (χ4n) is 2.48. The zero-order chi connectivity index (χ0) is 15.2. The normalized spacial score (nSPS) is 17.6. The Morgan fingerprint density at radius 3 is 2.76 bits per heavy atom. The van der Waals surface area contributed by atoms with Gasteiger partial charge in [0.25, 0.3) is 0 Å². The van der Waals surface area contributed by atoms with Gasteiger partial charge in [-0.1, -0.05) is 11.6 Å². The second-order valence-electron chi connectivity index (χ2n) is 5.07. The first kappa shape index (κ1) is 15.9. The molecule has 116 valence electrons. The first-order chi connectivity index (χ1) is 10.1. The van der Waals surface area contributed by atoms with E-state index in [0.29, 0.717) is 34.7 Å². The first-order valence-electron chi connectivity index (χ1n) is 7.08. The summed E-state index contributed by atoms with van der Waals surface area (Å²) in [7, 11) is 3.08. The Labute approximate surface area is 130 Å². The summed E-state index contributed by atoms with van der Waals surface area (Å²) in [5.41, 5.74) is 0.563. The molecule has 0 radical (unpaired) electrons. The van der Waals surface area contributed by atoms with Crippen molar-refractivity contribution in [2.45, 2.75) is 31.7 Å². The van der Waals surface area contributed by atoms with Crippen LogP contribution in [0.2, 0.25) is 5.02 Å². The lowest BCUT2D eigenvalue weighted by atomic mass is 10.1. The summed E-state index contributed by atoms with van der Waals surface area (Å²) >= 11 is 6.08. The zero-order valence-corrected chi connectivity index (χ0v) is 13.1. The number of amides is 1. The summed E-state index contributed by atoms with van der Waals surface area (Å²) in [6, 6.07) is 3.76. The van der Waals surface area contributed by atoms with Crippen molar-refractivity contribution < 1.29 is 14.3 Å². The number of nitrogens with one attached hydrogen (secondary N) is 2. The first-order valence-corrected chi connectivity index (χ1v) is 7.46. The highest BCUT2D eigenvalue weighted by Crippen LogP contribution is 2.35. The number of halogens is 1. The largest absolute Gasteiger partial charge is 0.495 e. The van der Waals surface area contributed by atoms with Crippen LogP contribution in [0.1, 0.15) is 25.7 Å². The van der Waals surface area contributed by atoms with Crippen molar-refractivity contribution in [2.75, 3.05) is 26.1 Å². The Hall–Kier alpha value is -1.46. The number of rotatable bonds is 6. The topological polar surface area (TPSA) is 59.6 Å². The Bertz CT molecular complexity index is 502.